The number of aryl methyl sites for hydroxylation is 1. The Hall–Kier alpha value is -1.51. The second kappa shape index (κ2) is 2.52. The molecule has 0 saturated carbocycles. The zero-order valence-corrected chi connectivity index (χ0v) is 7.09. The third-order valence-electron chi connectivity index (χ3n) is 1.94. The van der Waals surface area contributed by atoms with Gasteiger partial charge in [0.15, 0.2) is 5.58 Å². The van der Waals surface area contributed by atoms with Crippen molar-refractivity contribution in [2.75, 3.05) is 12.4 Å². The molecule has 12 heavy (non-hydrogen) atoms. The number of benzene rings is 1. The lowest BCUT2D eigenvalue weighted by Crippen LogP contribution is -1.88. The Bertz CT molecular complexity index is 406. The predicted octanol–water partition coefficient (Wildman–Crippen LogP) is 2.18. The van der Waals surface area contributed by atoms with Crippen LogP contribution in [0.2, 0.25) is 0 Å². The predicted molar refractivity (Wildman–Crippen MR) is 48.3 cm³/mol. The summed E-state index contributed by atoms with van der Waals surface area (Å²) < 4.78 is 5.10. The number of aromatic nitrogens is 1. The maximum atomic E-state index is 5.10. The van der Waals surface area contributed by atoms with Crippen LogP contribution in [0.3, 0.4) is 0 Å². The number of nitrogens with zero attached hydrogens (tertiary/aromatic N) is 1. The number of hydrogen-bond acceptors (Lipinski definition) is 3. The standard InChI is InChI=1S/C9H10N2O/c1-6-9-7(10-2)4-3-5-8(9)12-11-6/h3-5,10H,1-2H3. The normalized spacial score (nSPS) is 10.5. The van der Waals surface area contributed by atoms with Gasteiger partial charge >= 0.3 is 0 Å². The monoisotopic (exact) mass is 162 g/mol. The van der Waals surface area contributed by atoms with Gasteiger partial charge < -0.3 is 9.84 Å². The largest absolute Gasteiger partial charge is 0.387 e. The van der Waals surface area contributed by atoms with Crippen molar-refractivity contribution in [1.82, 2.24) is 5.16 Å². The van der Waals surface area contributed by atoms with Crippen LogP contribution in [-0.2, 0) is 0 Å². The van der Waals surface area contributed by atoms with Gasteiger partial charge in [-0.05, 0) is 19.1 Å². The Morgan fingerprint density at radius 3 is 3.00 bits per heavy atom. The molecule has 62 valence electrons. The zero-order valence-electron chi connectivity index (χ0n) is 7.09. The molecule has 3 nitrogen and oxygen atoms in total. The van der Waals surface area contributed by atoms with Gasteiger partial charge in [0.05, 0.1) is 11.1 Å². The third-order valence-corrected chi connectivity index (χ3v) is 1.94. The van der Waals surface area contributed by atoms with Gasteiger partial charge in [-0.25, -0.2) is 0 Å². The average molecular weight is 162 g/mol. The van der Waals surface area contributed by atoms with Crippen LogP contribution in [-0.4, -0.2) is 12.2 Å². The molecule has 1 aromatic heterocycles. The molecule has 0 aliphatic carbocycles. The molecule has 2 rings (SSSR count). The highest BCUT2D eigenvalue weighted by Crippen LogP contribution is 2.25. The summed E-state index contributed by atoms with van der Waals surface area (Å²) in [7, 11) is 1.89. The molecule has 1 heterocycles. The zero-order chi connectivity index (χ0) is 8.55. The summed E-state index contributed by atoms with van der Waals surface area (Å²) in [4.78, 5) is 0. The summed E-state index contributed by atoms with van der Waals surface area (Å²) in [5, 5.41) is 8.06. The number of anilines is 1. The van der Waals surface area contributed by atoms with E-state index in [2.05, 4.69) is 10.5 Å². The molecule has 0 unspecified atom stereocenters. The summed E-state index contributed by atoms with van der Waals surface area (Å²) in [6, 6.07) is 5.86. The van der Waals surface area contributed by atoms with Crippen LogP contribution < -0.4 is 5.32 Å². The Kier molecular flexibility index (Phi) is 1.50. The number of fused-ring (bicyclic) bond motifs is 1. The molecule has 3 heteroatoms. The average Bonchev–Trinajstić information content (AvgIpc) is 2.48. The van der Waals surface area contributed by atoms with Crippen LogP contribution in [0.15, 0.2) is 22.7 Å². The fourth-order valence-electron chi connectivity index (χ4n) is 1.35. The van der Waals surface area contributed by atoms with Crippen LogP contribution in [0.25, 0.3) is 11.0 Å². The lowest BCUT2D eigenvalue weighted by molar-refractivity contribution is 0.450. The molecule has 0 aliphatic rings. The molecule has 2 aromatic rings. The molecule has 0 amide bonds. The van der Waals surface area contributed by atoms with Crippen LogP contribution in [0.5, 0.6) is 0 Å². The van der Waals surface area contributed by atoms with Crippen molar-refractivity contribution >= 4 is 16.7 Å². The molecular weight excluding hydrogens is 152 g/mol. The lowest BCUT2D eigenvalue weighted by Gasteiger charge is -1.99. The minimum atomic E-state index is 0.833. The Morgan fingerprint density at radius 2 is 2.25 bits per heavy atom. The Morgan fingerprint density at radius 1 is 1.42 bits per heavy atom. The molecule has 0 spiro atoms. The van der Waals surface area contributed by atoms with E-state index in [4.69, 9.17) is 4.52 Å². The van der Waals surface area contributed by atoms with E-state index in [9.17, 15) is 0 Å². The summed E-state index contributed by atoms with van der Waals surface area (Å²) >= 11 is 0. The van der Waals surface area contributed by atoms with Gasteiger partial charge in [-0.1, -0.05) is 11.2 Å². The molecule has 0 fully saturated rings. The van der Waals surface area contributed by atoms with E-state index in [0.717, 1.165) is 22.4 Å². The first-order valence-corrected chi connectivity index (χ1v) is 3.85. The summed E-state index contributed by atoms with van der Waals surface area (Å²) in [5.41, 5.74) is 2.82. The van der Waals surface area contributed by atoms with Crippen molar-refractivity contribution in [2.24, 2.45) is 0 Å². The topological polar surface area (TPSA) is 38.1 Å². The van der Waals surface area contributed by atoms with Crippen molar-refractivity contribution in [1.29, 1.82) is 0 Å². The fraction of sp³-hybridized carbons (Fsp3) is 0.222. The van der Waals surface area contributed by atoms with Gasteiger partial charge in [-0.2, -0.15) is 0 Å². The molecule has 1 aromatic carbocycles. The van der Waals surface area contributed by atoms with E-state index in [1.165, 1.54) is 0 Å². The van der Waals surface area contributed by atoms with E-state index < -0.39 is 0 Å². The van der Waals surface area contributed by atoms with E-state index >= 15 is 0 Å². The van der Waals surface area contributed by atoms with E-state index in [0.29, 0.717) is 0 Å². The molecule has 0 saturated heterocycles. The highest BCUT2D eigenvalue weighted by Gasteiger charge is 2.06. The lowest BCUT2D eigenvalue weighted by atomic mass is 10.2. The number of nitrogens with one attached hydrogen (secondary N) is 1. The van der Waals surface area contributed by atoms with Crippen LogP contribution >= 0.6 is 0 Å². The Balaban J connectivity index is 2.84. The van der Waals surface area contributed by atoms with Crippen molar-refractivity contribution in [3.05, 3.63) is 23.9 Å². The SMILES string of the molecule is CNc1cccc2onc(C)c12. The fourth-order valence-corrected chi connectivity index (χ4v) is 1.35. The van der Waals surface area contributed by atoms with Crippen LogP contribution in [0.4, 0.5) is 5.69 Å². The first-order valence-electron chi connectivity index (χ1n) is 3.85. The number of hydrogen-bond donors (Lipinski definition) is 1. The van der Waals surface area contributed by atoms with Crippen LogP contribution in [0.1, 0.15) is 5.69 Å². The van der Waals surface area contributed by atoms with Gasteiger partial charge in [-0.15, -0.1) is 0 Å². The quantitative estimate of drug-likeness (QED) is 0.698. The highest BCUT2D eigenvalue weighted by atomic mass is 16.5. The van der Waals surface area contributed by atoms with Crippen LogP contribution in [0, 0.1) is 6.92 Å². The van der Waals surface area contributed by atoms with Crippen molar-refractivity contribution < 1.29 is 4.52 Å². The van der Waals surface area contributed by atoms with Gasteiger partial charge in [0, 0.05) is 12.7 Å². The maximum absolute atomic E-state index is 5.10. The van der Waals surface area contributed by atoms with E-state index in [-0.39, 0.29) is 0 Å². The van der Waals surface area contributed by atoms with Gasteiger partial charge in [0.1, 0.15) is 0 Å². The van der Waals surface area contributed by atoms with E-state index in [1.54, 1.807) is 0 Å². The van der Waals surface area contributed by atoms with E-state index in [1.807, 2.05) is 32.2 Å². The first-order chi connectivity index (χ1) is 5.83. The summed E-state index contributed by atoms with van der Waals surface area (Å²) in [5.74, 6) is 0. The van der Waals surface area contributed by atoms with Gasteiger partial charge in [-0.3, -0.25) is 0 Å². The molecular formula is C9H10N2O. The van der Waals surface area contributed by atoms with Crippen molar-refractivity contribution in [3.8, 4) is 0 Å². The van der Waals surface area contributed by atoms with Gasteiger partial charge in [0.25, 0.3) is 0 Å². The molecule has 1 N–H and O–H groups in total. The second-order valence-corrected chi connectivity index (χ2v) is 2.70. The Labute approximate surface area is 70.4 Å². The van der Waals surface area contributed by atoms with Crippen molar-refractivity contribution in [3.63, 3.8) is 0 Å². The summed E-state index contributed by atoms with van der Waals surface area (Å²) in [6.45, 7) is 1.94. The molecule has 0 radical (unpaired) electrons. The molecule has 0 aliphatic heterocycles. The minimum Gasteiger partial charge on any atom is -0.387 e. The smallest absolute Gasteiger partial charge is 0.169 e. The van der Waals surface area contributed by atoms with Gasteiger partial charge in [0.2, 0.25) is 0 Å². The number of rotatable bonds is 1. The molecule has 0 bridgehead atoms. The highest BCUT2D eigenvalue weighted by molar-refractivity contribution is 5.92. The summed E-state index contributed by atoms with van der Waals surface area (Å²) in [6.07, 6.45) is 0. The van der Waals surface area contributed by atoms with Crippen molar-refractivity contribution in [2.45, 2.75) is 6.92 Å². The maximum Gasteiger partial charge on any atom is 0.169 e. The third kappa shape index (κ3) is 0.863. The first kappa shape index (κ1) is 7.16. The molecule has 0 atom stereocenters. The minimum absolute atomic E-state index is 0.833. The second-order valence-electron chi connectivity index (χ2n) is 2.70.